The summed E-state index contributed by atoms with van der Waals surface area (Å²) < 4.78 is 6.54. The summed E-state index contributed by atoms with van der Waals surface area (Å²) in [6.45, 7) is 25.6. The molecular weight excluding hydrogens is 747 g/mol. The Balaban J connectivity index is 0.00000131. The fourth-order valence-electron chi connectivity index (χ4n) is 12.9. The van der Waals surface area contributed by atoms with Gasteiger partial charge in [-0.15, -0.1) is 0 Å². The zero-order valence-electron chi connectivity index (χ0n) is 34.0. The normalized spacial score (nSPS) is 35.3. The Hall–Kier alpha value is 0.0800. The van der Waals surface area contributed by atoms with Gasteiger partial charge in [-0.2, -0.15) is 0 Å². The number of halogens is 2. The summed E-state index contributed by atoms with van der Waals surface area (Å²) in [4.78, 5) is 0. The van der Waals surface area contributed by atoms with Gasteiger partial charge in [-0.25, -0.2) is 0 Å². The van der Waals surface area contributed by atoms with Crippen LogP contribution in [0.5, 0.6) is 0 Å². The van der Waals surface area contributed by atoms with Gasteiger partial charge in [0, 0.05) is 13.0 Å². The van der Waals surface area contributed by atoms with E-state index < -0.39 is 28.9 Å². The molecule has 12 atom stereocenters. The van der Waals surface area contributed by atoms with Crippen molar-refractivity contribution in [1.82, 2.24) is 0 Å². The molecule has 6 rings (SSSR count). The average Bonchev–Trinajstić information content (AvgIpc) is 3.56. The third-order valence-electron chi connectivity index (χ3n) is 14.3. The molecule has 0 heterocycles. The second-order valence-electron chi connectivity index (χ2n) is 19.3. The van der Waals surface area contributed by atoms with Crippen molar-refractivity contribution in [2.24, 2.45) is 46.8 Å². The average molecular weight is 819 g/mol. The Labute approximate surface area is 329 Å². The third-order valence-corrected chi connectivity index (χ3v) is 19.8. The van der Waals surface area contributed by atoms with Crippen molar-refractivity contribution in [3.05, 3.63) is 86.1 Å². The maximum absolute atomic E-state index is 6.54. The van der Waals surface area contributed by atoms with Gasteiger partial charge >= 0.3 is 37.9 Å². The summed E-state index contributed by atoms with van der Waals surface area (Å²) in [5, 5.41) is 0. The van der Waals surface area contributed by atoms with Gasteiger partial charge in [0.05, 0.1) is 14.2 Å². The standard InChI is InChI=1S/C43H66OSi.2CH3.2ClH.Zr/c1-27-24-34-32(29-20-22-31(23-21-29)42(3,4)5)18-15-19-33(34)40(27)45(10,11)41-28(2)25-35-36(41)26-37(43(6,7)8)39(44-9)38(35)30-16-13-12-14-17-30;;;;;/h12-14,16-17,20-23,27-28,32-41H,15,18-19,24-26H2,1-11H3;2*1H3;2*1H;/q;2*-1;;;+4/p-2. The van der Waals surface area contributed by atoms with Crippen LogP contribution < -0.4 is 0 Å². The van der Waals surface area contributed by atoms with Gasteiger partial charge in [0.15, 0.2) is 0 Å². The van der Waals surface area contributed by atoms with E-state index in [0.29, 0.717) is 17.9 Å². The van der Waals surface area contributed by atoms with Gasteiger partial charge < -0.3 is 19.6 Å². The SMILES string of the molecule is COC1C(c2ccccc2)C2CC(C)C([Si](C)(C)C3C(C)CC4C(c5ccc(C(C)(C)C)cc5)CCCC43)C2CC1C(C)(C)C.[CH3-].[CH3-].[Cl][Zr+2][Cl]. The molecule has 0 saturated heterocycles. The molecule has 0 bridgehead atoms. The number of benzene rings is 2. The topological polar surface area (TPSA) is 9.23 Å². The van der Waals surface area contributed by atoms with Crippen LogP contribution >= 0.6 is 17.0 Å². The van der Waals surface area contributed by atoms with Gasteiger partial charge in [-0.3, -0.25) is 0 Å². The van der Waals surface area contributed by atoms with Crippen molar-refractivity contribution in [2.45, 2.75) is 141 Å². The van der Waals surface area contributed by atoms with Gasteiger partial charge in [-0.05, 0) is 112 Å². The number of methoxy groups -OCH3 is 1. The van der Waals surface area contributed by atoms with E-state index in [4.69, 9.17) is 21.8 Å². The summed E-state index contributed by atoms with van der Waals surface area (Å²) >= 11 is -0.826. The molecule has 2 aromatic carbocycles. The van der Waals surface area contributed by atoms with Crippen LogP contribution in [-0.2, 0) is 31.0 Å². The molecule has 5 heteroatoms. The number of hydrogen-bond acceptors (Lipinski definition) is 1. The van der Waals surface area contributed by atoms with Crippen LogP contribution in [-0.4, -0.2) is 21.3 Å². The van der Waals surface area contributed by atoms with E-state index in [1.165, 1.54) is 49.7 Å². The van der Waals surface area contributed by atoms with E-state index >= 15 is 0 Å². The summed E-state index contributed by atoms with van der Waals surface area (Å²) in [6, 6.07) is 21.5. The van der Waals surface area contributed by atoms with Crippen molar-refractivity contribution < 1.29 is 25.6 Å². The van der Waals surface area contributed by atoms with Gasteiger partial charge in [-0.1, -0.05) is 136 Å². The number of hydrogen-bond donors (Lipinski definition) is 0. The van der Waals surface area contributed by atoms with E-state index in [0.717, 1.165) is 52.5 Å². The minimum atomic E-state index is -1.64. The quantitative estimate of drug-likeness (QED) is 0.216. The van der Waals surface area contributed by atoms with E-state index in [1.54, 1.807) is 5.56 Å². The fourth-order valence-corrected chi connectivity index (χ4v) is 19.5. The van der Waals surface area contributed by atoms with Crippen molar-refractivity contribution >= 4 is 25.1 Å². The molecule has 4 aliphatic carbocycles. The molecule has 0 radical (unpaired) electrons. The van der Waals surface area contributed by atoms with E-state index in [1.807, 2.05) is 7.11 Å². The second-order valence-corrected chi connectivity index (χ2v) is 28.0. The molecule has 2 aromatic rings. The molecule has 4 aliphatic rings. The molecule has 1 nitrogen and oxygen atoms in total. The van der Waals surface area contributed by atoms with Crippen LogP contribution in [0.1, 0.15) is 122 Å². The van der Waals surface area contributed by atoms with Crippen molar-refractivity contribution in [1.29, 1.82) is 0 Å². The van der Waals surface area contributed by atoms with E-state index in [2.05, 4.69) is 123 Å². The van der Waals surface area contributed by atoms with Crippen molar-refractivity contribution in [3.63, 3.8) is 0 Å². The summed E-state index contributed by atoms with van der Waals surface area (Å²) in [6.07, 6.45) is 8.81. The summed E-state index contributed by atoms with van der Waals surface area (Å²) in [5.74, 6) is 6.92. The van der Waals surface area contributed by atoms with Crippen LogP contribution in [0.2, 0.25) is 24.2 Å². The first-order valence-electron chi connectivity index (χ1n) is 19.2. The summed E-state index contributed by atoms with van der Waals surface area (Å²) in [7, 11) is 10.2. The van der Waals surface area contributed by atoms with E-state index in [-0.39, 0.29) is 25.7 Å². The fraction of sp³-hybridized carbons (Fsp3) is 0.689. The number of ether oxygens (including phenoxy) is 1. The number of rotatable bonds is 5. The first kappa shape index (κ1) is 44.5. The third kappa shape index (κ3) is 8.79. The Kier molecular flexibility index (Phi) is 15.7. The molecule has 0 aromatic heterocycles. The van der Waals surface area contributed by atoms with Crippen LogP contribution in [0.4, 0.5) is 0 Å². The summed E-state index contributed by atoms with van der Waals surface area (Å²) in [5.41, 5.74) is 6.97. The molecule has 4 saturated carbocycles. The Morgan fingerprint density at radius 1 is 0.700 bits per heavy atom. The zero-order valence-corrected chi connectivity index (χ0v) is 39.0. The predicted molar refractivity (Wildman–Crippen MR) is 220 cm³/mol. The molecule has 280 valence electrons. The predicted octanol–water partition coefficient (Wildman–Crippen LogP) is 14.4. The first-order valence-corrected chi connectivity index (χ1v) is 28.7. The molecule has 4 fully saturated rings. The van der Waals surface area contributed by atoms with Crippen LogP contribution in [0.3, 0.4) is 0 Å². The second kappa shape index (κ2) is 17.7. The van der Waals surface area contributed by atoms with E-state index in [9.17, 15) is 0 Å². The minimum absolute atomic E-state index is 0. The van der Waals surface area contributed by atoms with Gasteiger partial charge in [0.25, 0.3) is 0 Å². The van der Waals surface area contributed by atoms with Crippen LogP contribution in [0.25, 0.3) is 0 Å². The van der Waals surface area contributed by atoms with Crippen LogP contribution in [0.15, 0.2) is 54.6 Å². The maximum atomic E-state index is 6.54. The Morgan fingerprint density at radius 3 is 1.76 bits per heavy atom. The molecular formula is C45H72Cl2OSiZr. The van der Waals surface area contributed by atoms with Crippen molar-refractivity contribution in [2.75, 3.05) is 7.11 Å². The molecule has 50 heavy (non-hydrogen) atoms. The van der Waals surface area contributed by atoms with Gasteiger partial charge in [0.1, 0.15) is 0 Å². The zero-order chi connectivity index (χ0) is 35.2. The molecule has 0 aliphatic heterocycles. The van der Waals surface area contributed by atoms with Crippen LogP contribution in [0, 0.1) is 61.7 Å². The monoisotopic (exact) mass is 816 g/mol. The first-order chi connectivity index (χ1) is 22.6. The van der Waals surface area contributed by atoms with Gasteiger partial charge in [0.2, 0.25) is 0 Å². The number of fused-ring (bicyclic) bond motifs is 2. The Bertz CT molecular complexity index is 1320. The Morgan fingerprint density at radius 2 is 1.24 bits per heavy atom. The van der Waals surface area contributed by atoms with Crippen molar-refractivity contribution in [3.8, 4) is 0 Å². The molecule has 0 amide bonds. The molecule has 0 N–H and O–H groups in total. The molecule has 12 unspecified atom stereocenters. The molecule has 0 spiro atoms.